The molecule has 0 spiro atoms. The summed E-state index contributed by atoms with van der Waals surface area (Å²) in [4.78, 5) is 0. The number of phosphoric acid groups is 1. The van der Waals surface area contributed by atoms with Crippen molar-refractivity contribution in [3.8, 4) is 0 Å². The average Bonchev–Trinajstić information content (AvgIpc) is 2.55. The Hall–Kier alpha value is 0.110. The second-order valence-corrected chi connectivity index (χ2v) is 9.21. The number of phosphoric ester groups is 1. The Kier molecular flexibility index (Phi) is 16.2. The van der Waals surface area contributed by atoms with Gasteiger partial charge in [-0.2, -0.15) is 0 Å². The zero-order valence-corrected chi connectivity index (χ0v) is 19.2. The molecule has 0 aliphatic carbocycles. The highest BCUT2D eigenvalue weighted by molar-refractivity contribution is 7.48. The van der Waals surface area contributed by atoms with E-state index in [0.717, 1.165) is 38.5 Å². The maximum Gasteiger partial charge on any atom is 0.475 e. The van der Waals surface area contributed by atoms with Crippen molar-refractivity contribution in [2.45, 2.75) is 137 Å². The van der Waals surface area contributed by atoms with Crippen LogP contribution in [0.5, 0.6) is 0 Å². The first-order valence-corrected chi connectivity index (χ1v) is 12.5. The van der Waals surface area contributed by atoms with Gasteiger partial charge in [-0.05, 0) is 40.0 Å². The molecule has 158 valence electrons. The SMILES string of the molecule is CCCCCC(C)OP(=O)(OC(C)CCCCC)OC(C)CCCCC. The van der Waals surface area contributed by atoms with Crippen LogP contribution in [0.2, 0.25) is 0 Å². The molecule has 0 aromatic carbocycles. The molecule has 0 N–H and O–H groups in total. The Bertz CT molecular complexity index is 310. The minimum absolute atomic E-state index is 0.113. The molecule has 4 nitrogen and oxygen atoms in total. The molecule has 3 atom stereocenters. The van der Waals surface area contributed by atoms with Crippen molar-refractivity contribution < 1.29 is 18.1 Å². The summed E-state index contributed by atoms with van der Waals surface area (Å²) >= 11 is 0. The summed E-state index contributed by atoms with van der Waals surface area (Å²) in [5.41, 5.74) is 0. The smallest absolute Gasteiger partial charge is 0.284 e. The predicted octanol–water partition coefficient (Wildman–Crippen LogP) is 8.05. The quantitative estimate of drug-likeness (QED) is 0.175. The summed E-state index contributed by atoms with van der Waals surface area (Å²) in [7, 11) is -3.53. The first-order chi connectivity index (χ1) is 12.4. The van der Waals surface area contributed by atoms with E-state index in [4.69, 9.17) is 13.6 Å². The van der Waals surface area contributed by atoms with Crippen LogP contribution in [-0.2, 0) is 18.1 Å². The zero-order chi connectivity index (χ0) is 19.8. The lowest BCUT2D eigenvalue weighted by atomic mass is 10.1. The average molecular weight is 393 g/mol. The van der Waals surface area contributed by atoms with Gasteiger partial charge in [0.05, 0.1) is 18.3 Å². The van der Waals surface area contributed by atoms with E-state index in [1.165, 1.54) is 38.5 Å². The van der Waals surface area contributed by atoms with Gasteiger partial charge in [0.2, 0.25) is 0 Å². The van der Waals surface area contributed by atoms with Gasteiger partial charge >= 0.3 is 7.82 Å². The Morgan fingerprint density at radius 3 is 1.08 bits per heavy atom. The summed E-state index contributed by atoms with van der Waals surface area (Å²) in [6.45, 7) is 12.4. The maximum atomic E-state index is 13.3. The summed E-state index contributed by atoms with van der Waals surface area (Å²) in [6.07, 6.45) is 12.6. The molecular formula is C21H45O4P. The molecule has 26 heavy (non-hydrogen) atoms. The minimum atomic E-state index is -3.53. The molecule has 0 saturated heterocycles. The third kappa shape index (κ3) is 14.2. The van der Waals surface area contributed by atoms with Crippen molar-refractivity contribution in [1.29, 1.82) is 0 Å². The summed E-state index contributed by atoms with van der Waals surface area (Å²) in [5, 5.41) is 0. The van der Waals surface area contributed by atoms with E-state index in [2.05, 4.69) is 20.8 Å². The molecule has 3 unspecified atom stereocenters. The monoisotopic (exact) mass is 392 g/mol. The molecule has 0 aliphatic heterocycles. The van der Waals surface area contributed by atoms with Gasteiger partial charge in [0.1, 0.15) is 0 Å². The van der Waals surface area contributed by atoms with Gasteiger partial charge in [0.25, 0.3) is 0 Å². The number of hydrogen-bond donors (Lipinski definition) is 0. The highest BCUT2D eigenvalue weighted by Crippen LogP contribution is 2.54. The molecule has 0 radical (unpaired) electrons. The van der Waals surface area contributed by atoms with Gasteiger partial charge in [-0.1, -0.05) is 78.6 Å². The van der Waals surface area contributed by atoms with E-state index in [9.17, 15) is 4.57 Å². The van der Waals surface area contributed by atoms with E-state index in [1.54, 1.807) is 0 Å². The standard InChI is InChI=1S/C21H45O4P/c1-7-10-13-16-19(4)23-26(22,24-20(5)17-14-11-8-2)25-21(6)18-15-12-9-3/h19-21H,7-18H2,1-6H3. The fraction of sp³-hybridized carbons (Fsp3) is 1.00. The van der Waals surface area contributed by atoms with E-state index in [0.29, 0.717) is 0 Å². The molecule has 0 bridgehead atoms. The fourth-order valence-electron chi connectivity index (χ4n) is 2.94. The first kappa shape index (κ1) is 26.1. The van der Waals surface area contributed by atoms with Crippen molar-refractivity contribution in [2.75, 3.05) is 0 Å². The van der Waals surface area contributed by atoms with Crippen LogP contribution in [0, 0.1) is 0 Å². The Morgan fingerprint density at radius 2 is 0.846 bits per heavy atom. The fourth-order valence-corrected chi connectivity index (χ4v) is 4.73. The van der Waals surface area contributed by atoms with Gasteiger partial charge < -0.3 is 0 Å². The van der Waals surface area contributed by atoms with Crippen molar-refractivity contribution in [1.82, 2.24) is 0 Å². The largest absolute Gasteiger partial charge is 0.475 e. The second kappa shape index (κ2) is 16.1. The van der Waals surface area contributed by atoms with Gasteiger partial charge in [-0.3, -0.25) is 13.6 Å². The van der Waals surface area contributed by atoms with Gasteiger partial charge in [0.15, 0.2) is 0 Å². The summed E-state index contributed by atoms with van der Waals surface area (Å²) in [5.74, 6) is 0. The highest BCUT2D eigenvalue weighted by Gasteiger charge is 2.33. The second-order valence-electron chi connectivity index (χ2n) is 7.68. The molecule has 0 heterocycles. The molecule has 0 saturated carbocycles. The van der Waals surface area contributed by atoms with Crippen LogP contribution in [0.1, 0.15) is 119 Å². The first-order valence-electron chi connectivity index (χ1n) is 11.0. The number of rotatable bonds is 18. The van der Waals surface area contributed by atoms with Crippen LogP contribution in [0.4, 0.5) is 0 Å². The van der Waals surface area contributed by atoms with Gasteiger partial charge in [-0.15, -0.1) is 0 Å². The minimum Gasteiger partial charge on any atom is -0.284 e. The van der Waals surface area contributed by atoms with Gasteiger partial charge in [-0.25, -0.2) is 4.57 Å². The van der Waals surface area contributed by atoms with E-state index in [-0.39, 0.29) is 18.3 Å². The normalized spacial score (nSPS) is 17.6. The van der Waals surface area contributed by atoms with Gasteiger partial charge in [0, 0.05) is 0 Å². The molecular weight excluding hydrogens is 347 g/mol. The van der Waals surface area contributed by atoms with Crippen LogP contribution >= 0.6 is 7.82 Å². The predicted molar refractivity (Wildman–Crippen MR) is 112 cm³/mol. The third-order valence-corrected chi connectivity index (χ3v) is 6.42. The third-order valence-electron chi connectivity index (χ3n) is 4.57. The van der Waals surface area contributed by atoms with E-state index >= 15 is 0 Å². The number of hydrogen-bond acceptors (Lipinski definition) is 4. The molecule has 0 rings (SSSR count). The molecule has 5 heteroatoms. The summed E-state index contributed by atoms with van der Waals surface area (Å²) < 4.78 is 30.8. The Labute approximate surface area is 163 Å². The Balaban J connectivity index is 4.69. The lowest BCUT2D eigenvalue weighted by Crippen LogP contribution is -2.17. The lowest BCUT2D eigenvalue weighted by Gasteiger charge is -2.27. The Morgan fingerprint density at radius 1 is 0.577 bits per heavy atom. The van der Waals surface area contributed by atoms with Crippen LogP contribution in [0.3, 0.4) is 0 Å². The van der Waals surface area contributed by atoms with Crippen molar-refractivity contribution in [3.63, 3.8) is 0 Å². The molecule has 0 aromatic heterocycles. The van der Waals surface area contributed by atoms with E-state index < -0.39 is 7.82 Å². The van der Waals surface area contributed by atoms with Crippen molar-refractivity contribution in [2.24, 2.45) is 0 Å². The van der Waals surface area contributed by atoms with Crippen LogP contribution in [0.25, 0.3) is 0 Å². The van der Waals surface area contributed by atoms with Crippen LogP contribution < -0.4 is 0 Å². The van der Waals surface area contributed by atoms with Crippen LogP contribution in [0.15, 0.2) is 0 Å². The highest BCUT2D eigenvalue weighted by atomic mass is 31.2. The van der Waals surface area contributed by atoms with E-state index in [1.807, 2.05) is 20.8 Å². The molecule has 0 aromatic rings. The molecule has 0 aliphatic rings. The molecule has 0 fully saturated rings. The zero-order valence-electron chi connectivity index (χ0n) is 18.3. The maximum absolute atomic E-state index is 13.3. The number of unbranched alkanes of at least 4 members (excludes halogenated alkanes) is 6. The summed E-state index contributed by atoms with van der Waals surface area (Å²) in [6, 6.07) is 0. The van der Waals surface area contributed by atoms with Crippen molar-refractivity contribution >= 4 is 7.82 Å². The van der Waals surface area contributed by atoms with Crippen molar-refractivity contribution in [3.05, 3.63) is 0 Å². The van der Waals surface area contributed by atoms with Crippen LogP contribution in [-0.4, -0.2) is 18.3 Å². The lowest BCUT2D eigenvalue weighted by molar-refractivity contribution is 0.0359. The molecule has 0 amide bonds. The topological polar surface area (TPSA) is 44.8 Å².